The molecule has 2 fully saturated rings. The molecule has 0 bridgehead atoms. The van der Waals surface area contributed by atoms with E-state index in [0.29, 0.717) is 18.6 Å². The summed E-state index contributed by atoms with van der Waals surface area (Å²) in [5.74, 6) is -0.546. The van der Waals surface area contributed by atoms with Crippen molar-refractivity contribution in [2.24, 2.45) is 5.73 Å². The molecule has 122 valence electrons. The third kappa shape index (κ3) is 6.32. The Bertz CT molecular complexity index is 442. The average Bonchev–Trinajstić information content (AvgIpc) is 3.27. The molecule has 1 aliphatic carbocycles. The van der Waals surface area contributed by atoms with E-state index in [2.05, 4.69) is 10.2 Å². The minimum absolute atomic E-state index is 0.0735. The van der Waals surface area contributed by atoms with E-state index in [1.54, 1.807) is 0 Å². The Balaban J connectivity index is 1.78. The number of primary amides is 1. The fourth-order valence-corrected chi connectivity index (χ4v) is 4.07. The first-order valence-electron chi connectivity index (χ1n) is 7.92. The van der Waals surface area contributed by atoms with Gasteiger partial charge in [-0.1, -0.05) is 6.42 Å². The van der Waals surface area contributed by atoms with Crippen LogP contribution in [0.5, 0.6) is 0 Å². The van der Waals surface area contributed by atoms with Gasteiger partial charge in [-0.15, -0.1) is 0 Å². The molecule has 0 radical (unpaired) electrons. The van der Waals surface area contributed by atoms with Crippen molar-refractivity contribution in [1.29, 1.82) is 0 Å². The van der Waals surface area contributed by atoms with Crippen molar-refractivity contribution < 1.29 is 13.2 Å². The maximum absolute atomic E-state index is 11.9. The van der Waals surface area contributed by atoms with E-state index < -0.39 is 15.7 Å². The molecule has 0 spiro atoms. The molecule has 2 aliphatic rings. The smallest absolute Gasteiger partial charge is 0.218 e. The van der Waals surface area contributed by atoms with Crippen LogP contribution in [0.2, 0.25) is 0 Å². The number of nitrogens with one attached hydrogen (secondary N) is 1. The lowest BCUT2D eigenvalue weighted by Crippen LogP contribution is -2.45. The van der Waals surface area contributed by atoms with Crippen molar-refractivity contribution in [2.75, 3.05) is 31.1 Å². The molecule has 1 heterocycles. The molecule has 1 atom stereocenters. The van der Waals surface area contributed by atoms with Gasteiger partial charge in [0.1, 0.15) is 0 Å². The first-order chi connectivity index (χ1) is 9.96. The lowest BCUT2D eigenvalue weighted by Gasteiger charge is -2.30. The molecule has 7 heteroatoms. The van der Waals surface area contributed by atoms with E-state index in [1.165, 1.54) is 32.1 Å². The summed E-state index contributed by atoms with van der Waals surface area (Å²) in [6, 6.07) is 1.05. The number of carbonyl (C=O) groups is 1. The van der Waals surface area contributed by atoms with Gasteiger partial charge in [0.15, 0.2) is 9.84 Å². The highest BCUT2D eigenvalue weighted by atomic mass is 32.2. The van der Waals surface area contributed by atoms with Crippen LogP contribution < -0.4 is 11.1 Å². The lowest BCUT2D eigenvalue weighted by molar-refractivity contribution is -0.117. The molecule has 0 aromatic heterocycles. The predicted octanol–water partition coefficient (Wildman–Crippen LogP) is -0.117. The third-order valence-corrected chi connectivity index (χ3v) is 5.91. The number of hydrogen-bond acceptors (Lipinski definition) is 5. The minimum Gasteiger partial charge on any atom is -0.370 e. The maximum Gasteiger partial charge on any atom is 0.218 e. The first kappa shape index (κ1) is 16.7. The second-order valence-corrected chi connectivity index (χ2v) is 8.54. The van der Waals surface area contributed by atoms with E-state index in [-0.39, 0.29) is 17.9 Å². The molecule has 21 heavy (non-hydrogen) atoms. The number of carbonyl (C=O) groups excluding carboxylic acids is 1. The number of sulfone groups is 1. The fourth-order valence-electron chi connectivity index (χ4n) is 2.84. The Morgan fingerprint density at radius 2 is 1.95 bits per heavy atom. The van der Waals surface area contributed by atoms with Crippen molar-refractivity contribution >= 4 is 15.7 Å². The van der Waals surface area contributed by atoms with Crippen LogP contribution in [-0.2, 0) is 14.6 Å². The Hall–Kier alpha value is -0.660. The van der Waals surface area contributed by atoms with Gasteiger partial charge in [-0.25, -0.2) is 8.42 Å². The van der Waals surface area contributed by atoms with Crippen molar-refractivity contribution in [2.45, 2.75) is 50.6 Å². The molecule has 6 nitrogen and oxygen atoms in total. The summed E-state index contributed by atoms with van der Waals surface area (Å²) in [6.07, 6.45) is 5.95. The third-order valence-electron chi connectivity index (χ3n) is 4.28. The average molecular weight is 317 g/mol. The van der Waals surface area contributed by atoms with E-state index in [9.17, 15) is 13.2 Å². The molecule has 1 saturated heterocycles. The quantitative estimate of drug-likeness (QED) is 0.619. The van der Waals surface area contributed by atoms with E-state index in [1.807, 2.05) is 0 Å². The second-order valence-electron chi connectivity index (χ2n) is 6.24. The van der Waals surface area contributed by atoms with Crippen LogP contribution in [0.4, 0.5) is 0 Å². The molecule has 1 saturated carbocycles. The SMILES string of the molecule is NC(=O)CCS(=O)(=O)CCN(CC1CCCCN1)C1CC1. The van der Waals surface area contributed by atoms with Gasteiger partial charge in [0.2, 0.25) is 5.91 Å². The molecule has 1 unspecified atom stereocenters. The molecule has 1 aliphatic heterocycles. The normalized spacial score (nSPS) is 23.4. The Kier molecular flexibility index (Phi) is 6.01. The predicted molar refractivity (Wildman–Crippen MR) is 82.7 cm³/mol. The van der Waals surface area contributed by atoms with Crippen LogP contribution in [0.15, 0.2) is 0 Å². The van der Waals surface area contributed by atoms with Gasteiger partial charge >= 0.3 is 0 Å². The number of amides is 1. The van der Waals surface area contributed by atoms with Gasteiger partial charge in [0.25, 0.3) is 0 Å². The summed E-state index contributed by atoms with van der Waals surface area (Å²) in [4.78, 5) is 13.0. The summed E-state index contributed by atoms with van der Waals surface area (Å²) >= 11 is 0. The highest BCUT2D eigenvalue weighted by Crippen LogP contribution is 2.27. The lowest BCUT2D eigenvalue weighted by atomic mass is 10.0. The number of hydrogen-bond donors (Lipinski definition) is 2. The maximum atomic E-state index is 11.9. The van der Waals surface area contributed by atoms with Gasteiger partial charge in [0.05, 0.1) is 11.5 Å². The van der Waals surface area contributed by atoms with Crippen LogP contribution in [-0.4, -0.2) is 62.4 Å². The molecular formula is C14H27N3O3S. The van der Waals surface area contributed by atoms with Gasteiger partial charge in [-0.3, -0.25) is 9.69 Å². The van der Waals surface area contributed by atoms with Gasteiger partial charge in [-0.2, -0.15) is 0 Å². The monoisotopic (exact) mass is 317 g/mol. The van der Waals surface area contributed by atoms with Gasteiger partial charge in [0, 0.05) is 31.6 Å². The zero-order chi connectivity index (χ0) is 15.3. The zero-order valence-electron chi connectivity index (χ0n) is 12.6. The van der Waals surface area contributed by atoms with Crippen LogP contribution >= 0.6 is 0 Å². The Labute approximate surface area is 127 Å². The van der Waals surface area contributed by atoms with Crippen molar-refractivity contribution in [3.63, 3.8) is 0 Å². The van der Waals surface area contributed by atoms with E-state index in [0.717, 1.165) is 13.1 Å². The molecule has 0 aromatic carbocycles. The number of nitrogens with zero attached hydrogens (tertiary/aromatic N) is 1. The van der Waals surface area contributed by atoms with Gasteiger partial charge < -0.3 is 11.1 Å². The molecule has 1 amide bonds. The van der Waals surface area contributed by atoms with Crippen molar-refractivity contribution in [3.8, 4) is 0 Å². The molecule has 3 N–H and O–H groups in total. The number of rotatable bonds is 9. The van der Waals surface area contributed by atoms with E-state index >= 15 is 0 Å². The highest BCUT2D eigenvalue weighted by molar-refractivity contribution is 7.91. The number of piperidine rings is 1. The van der Waals surface area contributed by atoms with Crippen LogP contribution in [0.25, 0.3) is 0 Å². The van der Waals surface area contributed by atoms with E-state index in [4.69, 9.17) is 5.73 Å². The molecule has 0 aromatic rings. The minimum atomic E-state index is -3.18. The number of nitrogens with two attached hydrogens (primary N) is 1. The summed E-state index contributed by atoms with van der Waals surface area (Å²) in [5, 5.41) is 3.52. The first-order valence-corrected chi connectivity index (χ1v) is 9.74. The van der Waals surface area contributed by atoms with Gasteiger partial charge in [-0.05, 0) is 32.2 Å². The summed E-state index contributed by atoms with van der Waals surface area (Å²) in [5.41, 5.74) is 5.02. The van der Waals surface area contributed by atoms with Crippen molar-refractivity contribution in [1.82, 2.24) is 10.2 Å². The van der Waals surface area contributed by atoms with Crippen LogP contribution in [0, 0.1) is 0 Å². The van der Waals surface area contributed by atoms with Crippen LogP contribution in [0.1, 0.15) is 38.5 Å². The Morgan fingerprint density at radius 3 is 2.52 bits per heavy atom. The van der Waals surface area contributed by atoms with Crippen molar-refractivity contribution in [3.05, 3.63) is 0 Å². The second kappa shape index (κ2) is 7.56. The summed E-state index contributed by atoms with van der Waals surface area (Å²) in [6.45, 7) is 2.58. The summed E-state index contributed by atoms with van der Waals surface area (Å²) < 4.78 is 23.8. The Morgan fingerprint density at radius 1 is 1.19 bits per heavy atom. The summed E-state index contributed by atoms with van der Waals surface area (Å²) in [7, 11) is -3.18. The molecule has 2 rings (SSSR count). The standard InChI is InChI=1S/C14H27N3O3S/c15-14(18)6-9-21(19,20)10-8-17(13-4-5-13)11-12-3-1-2-7-16-12/h12-13,16H,1-11H2,(H2,15,18). The topological polar surface area (TPSA) is 92.5 Å². The molecular weight excluding hydrogens is 290 g/mol. The van der Waals surface area contributed by atoms with Crippen LogP contribution in [0.3, 0.4) is 0 Å². The zero-order valence-corrected chi connectivity index (χ0v) is 13.4. The fraction of sp³-hybridized carbons (Fsp3) is 0.929. The highest BCUT2D eigenvalue weighted by Gasteiger charge is 2.31. The largest absolute Gasteiger partial charge is 0.370 e.